The molecule has 0 aliphatic heterocycles. The van der Waals surface area contributed by atoms with Gasteiger partial charge in [-0.25, -0.2) is 0 Å². The molecule has 1 heterocycles. The van der Waals surface area contributed by atoms with Crippen LogP contribution in [0.1, 0.15) is 27.9 Å². The van der Waals surface area contributed by atoms with Gasteiger partial charge in [-0.3, -0.25) is 0 Å². The molecule has 0 saturated heterocycles. The molecule has 0 amide bonds. The van der Waals surface area contributed by atoms with Crippen LogP contribution in [0.15, 0.2) is 33.3 Å². The summed E-state index contributed by atoms with van der Waals surface area (Å²) < 4.78 is 0. The van der Waals surface area contributed by atoms with Crippen molar-refractivity contribution in [3.05, 3.63) is 46.1 Å². The van der Waals surface area contributed by atoms with Gasteiger partial charge in [-0.1, -0.05) is 29.1 Å². The number of nitrogens with zero attached hydrogens (tertiary/aromatic N) is 3. The summed E-state index contributed by atoms with van der Waals surface area (Å²) in [7, 11) is 0. The Morgan fingerprint density at radius 3 is 2.57 bits per heavy atom. The molecule has 0 atom stereocenters. The van der Waals surface area contributed by atoms with Gasteiger partial charge in [-0.15, -0.1) is 5.10 Å². The molecule has 1 aromatic heterocycles. The third kappa shape index (κ3) is 3.16. The first-order valence-corrected chi connectivity index (χ1v) is 7.32. The topological polar surface area (TPSA) is 84.4 Å². The van der Waals surface area contributed by atoms with Gasteiger partial charge in [0.15, 0.2) is 5.84 Å². The first-order chi connectivity index (χ1) is 9.93. The van der Waals surface area contributed by atoms with E-state index in [9.17, 15) is 0 Å². The molecule has 21 heavy (non-hydrogen) atoms. The Morgan fingerprint density at radius 2 is 1.90 bits per heavy atom. The van der Waals surface area contributed by atoms with Gasteiger partial charge in [0.25, 0.3) is 0 Å². The maximum atomic E-state index is 9.00. The molecule has 1 aromatic carbocycles. The van der Waals surface area contributed by atoms with Gasteiger partial charge in [0.05, 0.1) is 11.3 Å². The summed E-state index contributed by atoms with van der Waals surface area (Å²) in [5.41, 5.74) is 10.4. The molecule has 3 N–H and O–H groups in total. The molecule has 0 bridgehead atoms. The number of amidine groups is 1. The normalized spacial score (nSPS) is 11.7. The van der Waals surface area contributed by atoms with Gasteiger partial charge in [0.2, 0.25) is 0 Å². The quantitative estimate of drug-likeness (QED) is 0.394. The molecule has 5 nitrogen and oxygen atoms in total. The Labute approximate surface area is 128 Å². The number of rotatable bonds is 3. The van der Waals surface area contributed by atoms with E-state index in [-0.39, 0.29) is 5.84 Å². The van der Waals surface area contributed by atoms with Crippen molar-refractivity contribution in [1.82, 2.24) is 10.2 Å². The minimum Gasteiger partial charge on any atom is -0.409 e. The Hall–Kier alpha value is -2.08. The van der Waals surface area contributed by atoms with Crippen molar-refractivity contribution in [3.8, 4) is 0 Å². The minimum absolute atomic E-state index is 0.0540. The predicted molar refractivity (Wildman–Crippen MR) is 84.1 cm³/mol. The minimum atomic E-state index is 0.0540. The molecule has 0 saturated carbocycles. The summed E-state index contributed by atoms with van der Waals surface area (Å²) >= 11 is 1.48. The van der Waals surface area contributed by atoms with E-state index in [1.165, 1.54) is 17.3 Å². The second-order valence-electron chi connectivity index (χ2n) is 4.95. The molecule has 2 rings (SSSR count). The second-order valence-corrected chi connectivity index (χ2v) is 5.98. The summed E-state index contributed by atoms with van der Waals surface area (Å²) in [5.74, 6) is 0.0540. The number of oxime groups is 1. The standard InChI is InChI=1S/C15H18N4OS/c1-8-5-6-9(2)12(7-8)21-15-13(14(16)19-20)10(3)11(4)17-18-15/h5-7,20H,1-4H3,(H2,16,19). The Balaban J connectivity index is 2.54. The maximum absolute atomic E-state index is 9.00. The van der Waals surface area contributed by atoms with Crippen molar-refractivity contribution in [2.75, 3.05) is 0 Å². The van der Waals surface area contributed by atoms with Gasteiger partial charge in [0.1, 0.15) is 5.03 Å². The summed E-state index contributed by atoms with van der Waals surface area (Å²) in [6.45, 7) is 7.83. The molecule has 0 fully saturated rings. The molecule has 6 heteroatoms. The molecule has 2 aromatic rings. The van der Waals surface area contributed by atoms with E-state index in [1.807, 2.05) is 27.7 Å². The highest BCUT2D eigenvalue weighted by molar-refractivity contribution is 7.99. The SMILES string of the molecule is Cc1ccc(C)c(Sc2nnc(C)c(C)c2/C(N)=N/O)c1. The molecule has 110 valence electrons. The van der Waals surface area contributed by atoms with Crippen LogP contribution in [0.3, 0.4) is 0 Å². The van der Waals surface area contributed by atoms with Crippen LogP contribution in [0.4, 0.5) is 0 Å². The predicted octanol–water partition coefficient (Wildman–Crippen LogP) is 2.96. The first-order valence-electron chi connectivity index (χ1n) is 6.51. The van der Waals surface area contributed by atoms with Crippen molar-refractivity contribution >= 4 is 17.6 Å². The number of aryl methyl sites for hydroxylation is 3. The number of benzene rings is 1. The fourth-order valence-electron chi connectivity index (χ4n) is 1.93. The van der Waals surface area contributed by atoms with Crippen molar-refractivity contribution in [2.45, 2.75) is 37.6 Å². The van der Waals surface area contributed by atoms with Gasteiger partial charge in [0, 0.05) is 4.90 Å². The highest BCUT2D eigenvalue weighted by Crippen LogP contribution is 2.33. The highest BCUT2D eigenvalue weighted by atomic mass is 32.2. The lowest BCUT2D eigenvalue weighted by atomic mass is 10.1. The van der Waals surface area contributed by atoms with Crippen molar-refractivity contribution in [1.29, 1.82) is 0 Å². The molecular formula is C15H18N4OS. The van der Waals surface area contributed by atoms with E-state index in [4.69, 9.17) is 10.9 Å². The van der Waals surface area contributed by atoms with Crippen LogP contribution < -0.4 is 5.73 Å². The average Bonchev–Trinajstić information content (AvgIpc) is 2.46. The lowest BCUT2D eigenvalue weighted by Gasteiger charge is -2.12. The average molecular weight is 302 g/mol. The van der Waals surface area contributed by atoms with E-state index in [2.05, 4.69) is 33.6 Å². The van der Waals surface area contributed by atoms with Crippen molar-refractivity contribution < 1.29 is 5.21 Å². The first kappa shape index (κ1) is 15.3. The second kappa shape index (κ2) is 6.13. The van der Waals surface area contributed by atoms with Crippen LogP contribution in [0.5, 0.6) is 0 Å². The summed E-state index contributed by atoms with van der Waals surface area (Å²) in [6, 6.07) is 6.22. The summed E-state index contributed by atoms with van der Waals surface area (Å²) in [5, 5.41) is 21.1. The van der Waals surface area contributed by atoms with Gasteiger partial charge < -0.3 is 10.9 Å². The largest absolute Gasteiger partial charge is 0.409 e. The molecule has 0 unspecified atom stereocenters. The molecule has 0 spiro atoms. The maximum Gasteiger partial charge on any atom is 0.173 e. The zero-order valence-electron chi connectivity index (χ0n) is 12.5. The van der Waals surface area contributed by atoms with Crippen LogP contribution >= 0.6 is 11.8 Å². The van der Waals surface area contributed by atoms with Gasteiger partial charge in [-0.2, -0.15) is 5.10 Å². The third-order valence-corrected chi connectivity index (χ3v) is 4.48. The number of nitrogens with two attached hydrogens (primary N) is 1. The third-order valence-electron chi connectivity index (χ3n) is 3.34. The highest BCUT2D eigenvalue weighted by Gasteiger charge is 2.17. The van der Waals surface area contributed by atoms with Crippen molar-refractivity contribution in [2.24, 2.45) is 10.9 Å². The van der Waals surface area contributed by atoms with E-state index < -0.39 is 0 Å². The summed E-state index contributed by atoms with van der Waals surface area (Å²) in [6.07, 6.45) is 0. The zero-order chi connectivity index (χ0) is 15.6. The van der Waals surface area contributed by atoms with Crippen LogP contribution in [0.25, 0.3) is 0 Å². The fraction of sp³-hybridized carbons (Fsp3) is 0.267. The van der Waals surface area contributed by atoms with E-state index >= 15 is 0 Å². The van der Waals surface area contributed by atoms with Gasteiger partial charge >= 0.3 is 0 Å². The summed E-state index contributed by atoms with van der Waals surface area (Å²) in [4.78, 5) is 1.08. The number of hydrogen-bond donors (Lipinski definition) is 2. The Kier molecular flexibility index (Phi) is 4.47. The lowest BCUT2D eigenvalue weighted by Crippen LogP contribution is -2.18. The van der Waals surface area contributed by atoms with E-state index in [0.29, 0.717) is 10.6 Å². The van der Waals surface area contributed by atoms with E-state index in [1.54, 1.807) is 0 Å². The number of hydrogen-bond acceptors (Lipinski definition) is 5. The van der Waals surface area contributed by atoms with Crippen LogP contribution in [-0.2, 0) is 0 Å². The lowest BCUT2D eigenvalue weighted by molar-refractivity contribution is 0.318. The fourth-order valence-corrected chi connectivity index (χ4v) is 3.05. The monoisotopic (exact) mass is 302 g/mol. The number of aromatic nitrogens is 2. The van der Waals surface area contributed by atoms with E-state index in [0.717, 1.165) is 21.7 Å². The Morgan fingerprint density at radius 1 is 1.19 bits per heavy atom. The molecular weight excluding hydrogens is 284 g/mol. The zero-order valence-corrected chi connectivity index (χ0v) is 13.3. The molecule has 0 aliphatic carbocycles. The van der Waals surface area contributed by atoms with Gasteiger partial charge in [-0.05, 0) is 50.5 Å². The smallest absolute Gasteiger partial charge is 0.173 e. The van der Waals surface area contributed by atoms with Crippen LogP contribution in [-0.4, -0.2) is 21.2 Å². The van der Waals surface area contributed by atoms with Crippen LogP contribution in [0, 0.1) is 27.7 Å². The Bertz CT molecular complexity index is 713. The molecule has 0 aliphatic rings. The molecule has 0 radical (unpaired) electrons. The van der Waals surface area contributed by atoms with Crippen molar-refractivity contribution in [3.63, 3.8) is 0 Å². The van der Waals surface area contributed by atoms with Crippen LogP contribution in [0.2, 0.25) is 0 Å².